The molecule has 0 amide bonds. The Bertz CT molecular complexity index is 83.1. The minimum absolute atomic E-state index is 0.342. The van der Waals surface area contributed by atoms with Gasteiger partial charge in [-0.25, -0.2) is 0 Å². The highest BCUT2D eigenvalue weighted by Crippen LogP contribution is 1.97. The van der Waals surface area contributed by atoms with Gasteiger partial charge >= 0.3 is 0 Å². The van der Waals surface area contributed by atoms with Crippen LogP contribution in [0.4, 0.5) is 0 Å². The Labute approximate surface area is 55.0 Å². The van der Waals surface area contributed by atoms with Crippen molar-refractivity contribution < 1.29 is 10.3 Å². The van der Waals surface area contributed by atoms with E-state index in [4.69, 9.17) is 10.3 Å². The molecule has 54 valence electrons. The van der Waals surface area contributed by atoms with Crippen molar-refractivity contribution >= 4 is 6.21 Å². The van der Waals surface area contributed by atoms with Crippen LogP contribution in [0.1, 0.15) is 26.2 Å². The molecule has 0 aliphatic rings. The van der Waals surface area contributed by atoms with Gasteiger partial charge in [0.25, 0.3) is 0 Å². The molecule has 0 saturated heterocycles. The van der Waals surface area contributed by atoms with Crippen molar-refractivity contribution in [2.45, 2.75) is 32.3 Å². The van der Waals surface area contributed by atoms with Gasteiger partial charge in [-0.3, -0.25) is 0 Å². The molecule has 0 radical (unpaired) electrons. The highest BCUT2D eigenvalue weighted by Gasteiger charge is 1.97. The maximum Gasteiger partial charge on any atom is 0.0590 e. The van der Waals surface area contributed by atoms with E-state index in [1.165, 1.54) is 6.21 Å². The Morgan fingerprint density at radius 2 is 2.33 bits per heavy atom. The summed E-state index contributed by atoms with van der Waals surface area (Å²) >= 11 is 0. The predicted octanol–water partition coefficient (Wildman–Crippen LogP) is 0.998. The second-order valence-corrected chi connectivity index (χ2v) is 1.98. The number of aliphatic hydroxyl groups excluding tert-OH is 1. The molecule has 0 aliphatic heterocycles. The third-order valence-electron chi connectivity index (χ3n) is 1.08. The highest BCUT2D eigenvalue weighted by molar-refractivity contribution is 5.56. The highest BCUT2D eigenvalue weighted by atomic mass is 16.4. The van der Waals surface area contributed by atoms with Crippen LogP contribution in [-0.2, 0) is 0 Å². The number of oxime groups is 1. The van der Waals surface area contributed by atoms with Gasteiger partial charge in [0.2, 0.25) is 0 Å². The molecule has 0 aromatic rings. The maximum absolute atomic E-state index is 8.98. The zero-order chi connectivity index (χ0) is 7.11. The van der Waals surface area contributed by atoms with Crippen LogP contribution in [0.15, 0.2) is 5.16 Å². The smallest absolute Gasteiger partial charge is 0.0590 e. The minimum Gasteiger partial charge on any atom is -0.411 e. The summed E-state index contributed by atoms with van der Waals surface area (Å²) in [5.41, 5.74) is 0. The van der Waals surface area contributed by atoms with Gasteiger partial charge < -0.3 is 10.3 Å². The standard InChI is InChI=1S/C6H13NO2/c1-2-3-6(8)4-5-7-9/h5-6,8-9H,2-4H2,1H3. The first-order chi connectivity index (χ1) is 4.31. The van der Waals surface area contributed by atoms with Crippen molar-refractivity contribution in [3.05, 3.63) is 0 Å². The molecular weight excluding hydrogens is 118 g/mol. The lowest BCUT2D eigenvalue weighted by molar-refractivity contribution is 0.171. The molecule has 3 heteroatoms. The van der Waals surface area contributed by atoms with Gasteiger partial charge in [-0.05, 0) is 6.42 Å². The molecule has 0 aromatic carbocycles. The summed E-state index contributed by atoms with van der Waals surface area (Å²) in [6.07, 6.45) is 3.14. The second-order valence-electron chi connectivity index (χ2n) is 1.98. The van der Waals surface area contributed by atoms with E-state index in [-0.39, 0.29) is 6.10 Å². The molecule has 0 spiro atoms. The number of hydrogen-bond acceptors (Lipinski definition) is 3. The first kappa shape index (κ1) is 8.43. The van der Waals surface area contributed by atoms with Gasteiger partial charge in [0.05, 0.1) is 6.10 Å². The molecule has 0 fully saturated rings. The van der Waals surface area contributed by atoms with E-state index < -0.39 is 0 Å². The van der Waals surface area contributed by atoms with Gasteiger partial charge in [0.15, 0.2) is 0 Å². The fourth-order valence-electron chi connectivity index (χ4n) is 0.620. The lowest BCUT2D eigenvalue weighted by atomic mass is 10.2. The van der Waals surface area contributed by atoms with E-state index in [1.807, 2.05) is 6.92 Å². The van der Waals surface area contributed by atoms with Crippen LogP contribution in [0, 0.1) is 0 Å². The largest absolute Gasteiger partial charge is 0.411 e. The van der Waals surface area contributed by atoms with E-state index in [2.05, 4.69) is 5.16 Å². The monoisotopic (exact) mass is 131 g/mol. The zero-order valence-electron chi connectivity index (χ0n) is 5.62. The molecule has 0 bridgehead atoms. The van der Waals surface area contributed by atoms with Crippen molar-refractivity contribution in [3.8, 4) is 0 Å². The molecule has 0 aliphatic carbocycles. The third-order valence-corrected chi connectivity index (χ3v) is 1.08. The molecule has 1 unspecified atom stereocenters. The van der Waals surface area contributed by atoms with Crippen molar-refractivity contribution in [3.63, 3.8) is 0 Å². The van der Waals surface area contributed by atoms with Crippen molar-refractivity contribution in [1.82, 2.24) is 0 Å². The number of nitrogens with zero attached hydrogens (tertiary/aromatic N) is 1. The molecule has 0 heterocycles. The molecule has 2 N–H and O–H groups in total. The lowest BCUT2D eigenvalue weighted by Gasteiger charge is -2.02. The van der Waals surface area contributed by atoms with Crippen molar-refractivity contribution in [1.29, 1.82) is 0 Å². The lowest BCUT2D eigenvalue weighted by Crippen LogP contribution is -2.05. The second kappa shape index (κ2) is 5.56. The number of aliphatic hydroxyl groups is 1. The summed E-state index contributed by atoms with van der Waals surface area (Å²) in [6.45, 7) is 2.00. The van der Waals surface area contributed by atoms with Crippen molar-refractivity contribution in [2.24, 2.45) is 5.16 Å². The summed E-state index contributed by atoms with van der Waals surface area (Å²) in [7, 11) is 0. The first-order valence-corrected chi connectivity index (χ1v) is 3.15. The Morgan fingerprint density at radius 3 is 2.78 bits per heavy atom. The Kier molecular flexibility index (Phi) is 5.21. The molecule has 0 rings (SSSR count). The average molecular weight is 131 g/mol. The van der Waals surface area contributed by atoms with E-state index in [0.717, 1.165) is 12.8 Å². The molecule has 0 saturated carbocycles. The van der Waals surface area contributed by atoms with E-state index >= 15 is 0 Å². The molecule has 1 atom stereocenters. The fourth-order valence-corrected chi connectivity index (χ4v) is 0.620. The fraction of sp³-hybridized carbons (Fsp3) is 0.833. The molecule has 9 heavy (non-hydrogen) atoms. The van der Waals surface area contributed by atoms with Crippen LogP contribution in [0.5, 0.6) is 0 Å². The van der Waals surface area contributed by atoms with Crippen LogP contribution in [0.2, 0.25) is 0 Å². The van der Waals surface area contributed by atoms with E-state index in [0.29, 0.717) is 6.42 Å². The summed E-state index contributed by atoms with van der Waals surface area (Å²) < 4.78 is 0. The predicted molar refractivity (Wildman–Crippen MR) is 35.8 cm³/mol. The maximum atomic E-state index is 8.98. The quantitative estimate of drug-likeness (QED) is 0.339. The van der Waals surface area contributed by atoms with Crippen LogP contribution in [-0.4, -0.2) is 22.6 Å². The van der Waals surface area contributed by atoms with Gasteiger partial charge in [-0.15, -0.1) is 5.16 Å². The molecular formula is C6H13NO2. The average Bonchev–Trinajstić information content (AvgIpc) is 1.85. The SMILES string of the molecule is CCCC(O)CC=NO. The Balaban J connectivity index is 3.15. The first-order valence-electron chi connectivity index (χ1n) is 3.15. The topological polar surface area (TPSA) is 52.8 Å². The van der Waals surface area contributed by atoms with Crippen LogP contribution in [0.3, 0.4) is 0 Å². The Hall–Kier alpha value is -0.570. The van der Waals surface area contributed by atoms with Gasteiger partial charge in [0.1, 0.15) is 0 Å². The van der Waals surface area contributed by atoms with Crippen LogP contribution in [0.25, 0.3) is 0 Å². The van der Waals surface area contributed by atoms with Crippen LogP contribution < -0.4 is 0 Å². The normalized spacial score (nSPS) is 14.4. The third kappa shape index (κ3) is 5.30. The molecule has 3 nitrogen and oxygen atoms in total. The summed E-state index contributed by atoms with van der Waals surface area (Å²) in [4.78, 5) is 0. The number of hydrogen-bond donors (Lipinski definition) is 2. The van der Waals surface area contributed by atoms with Gasteiger partial charge in [0, 0.05) is 12.6 Å². The Morgan fingerprint density at radius 1 is 1.67 bits per heavy atom. The van der Waals surface area contributed by atoms with Crippen molar-refractivity contribution in [2.75, 3.05) is 0 Å². The summed E-state index contributed by atoms with van der Waals surface area (Å²) in [6, 6.07) is 0. The van der Waals surface area contributed by atoms with Gasteiger partial charge in [-0.2, -0.15) is 0 Å². The van der Waals surface area contributed by atoms with Gasteiger partial charge in [-0.1, -0.05) is 13.3 Å². The van der Waals surface area contributed by atoms with E-state index in [1.54, 1.807) is 0 Å². The van der Waals surface area contributed by atoms with E-state index in [9.17, 15) is 0 Å². The summed E-state index contributed by atoms with van der Waals surface area (Å²) in [5.74, 6) is 0. The minimum atomic E-state index is -0.342. The molecule has 0 aromatic heterocycles. The van der Waals surface area contributed by atoms with Crippen LogP contribution >= 0.6 is 0 Å². The zero-order valence-corrected chi connectivity index (χ0v) is 5.62. The number of rotatable bonds is 4. The summed E-state index contributed by atoms with van der Waals surface area (Å²) in [5, 5.41) is 19.7.